The third kappa shape index (κ3) is 4.15. The summed E-state index contributed by atoms with van der Waals surface area (Å²) in [5.41, 5.74) is 3.93. The summed E-state index contributed by atoms with van der Waals surface area (Å²) in [7, 11) is 0. The third-order valence-corrected chi connectivity index (χ3v) is 4.36. The van der Waals surface area contributed by atoms with Gasteiger partial charge in [-0.05, 0) is 67.1 Å². The van der Waals surface area contributed by atoms with Gasteiger partial charge in [-0.2, -0.15) is 0 Å². The van der Waals surface area contributed by atoms with E-state index in [1.165, 1.54) is 0 Å². The van der Waals surface area contributed by atoms with E-state index in [0.717, 1.165) is 11.1 Å². The smallest absolute Gasteiger partial charge is 0.262 e. The summed E-state index contributed by atoms with van der Waals surface area (Å²) in [5, 5.41) is 3.42. The number of oxazole rings is 1. The number of ether oxygens (including phenoxy) is 1. The molecule has 0 saturated heterocycles. The molecule has 0 aliphatic carbocycles. The van der Waals surface area contributed by atoms with Crippen molar-refractivity contribution in [2.24, 2.45) is 0 Å². The van der Waals surface area contributed by atoms with E-state index in [4.69, 9.17) is 20.8 Å². The van der Waals surface area contributed by atoms with Crippen LogP contribution in [0.2, 0.25) is 5.02 Å². The fourth-order valence-corrected chi connectivity index (χ4v) is 2.94. The van der Waals surface area contributed by atoms with Crippen molar-refractivity contribution in [3.63, 3.8) is 0 Å². The van der Waals surface area contributed by atoms with Crippen molar-refractivity contribution >= 4 is 34.3 Å². The normalized spacial score (nSPS) is 10.8. The Morgan fingerprint density at radius 1 is 1.11 bits per heavy atom. The summed E-state index contributed by atoms with van der Waals surface area (Å²) < 4.78 is 11.3. The van der Waals surface area contributed by atoms with Crippen molar-refractivity contribution in [1.82, 2.24) is 4.98 Å². The zero-order valence-electron chi connectivity index (χ0n) is 15.1. The maximum absolute atomic E-state index is 12.1. The number of hydrogen-bond donors (Lipinski definition) is 1. The predicted octanol–water partition coefficient (Wildman–Crippen LogP) is 5.47. The van der Waals surface area contributed by atoms with E-state index < -0.39 is 0 Å². The molecule has 4 aromatic rings. The highest BCUT2D eigenvalue weighted by atomic mass is 35.5. The number of halogens is 1. The molecule has 0 unspecified atom stereocenters. The SMILES string of the molecule is Cc1cccc(OCC(=O)Nc2ccc(-c3nc4cc(Cl)ccc4o3)cc2)c1. The fraction of sp³-hybridized carbons (Fsp3) is 0.0909. The summed E-state index contributed by atoms with van der Waals surface area (Å²) >= 11 is 5.98. The molecule has 0 radical (unpaired) electrons. The maximum atomic E-state index is 12.1. The molecule has 0 spiro atoms. The number of fused-ring (bicyclic) bond motifs is 1. The number of nitrogens with one attached hydrogen (secondary N) is 1. The molecular formula is C22H17ClN2O3. The van der Waals surface area contributed by atoms with Gasteiger partial charge in [0, 0.05) is 16.3 Å². The molecule has 3 aromatic carbocycles. The lowest BCUT2D eigenvalue weighted by atomic mass is 10.2. The lowest BCUT2D eigenvalue weighted by Gasteiger charge is -2.08. The average Bonchev–Trinajstić information content (AvgIpc) is 3.10. The number of aromatic nitrogens is 1. The number of carbonyl (C=O) groups is 1. The van der Waals surface area contributed by atoms with Gasteiger partial charge in [0.05, 0.1) is 0 Å². The van der Waals surface area contributed by atoms with Crippen molar-refractivity contribution in [3.05, 3.63) is 77.3 Å². The van der Waals surface area contributed by atoms with E-state index in [1.54, 1.807) is 30.3 Å². The molecule has 28 heavy (non-hydrogen) atoms. The molecule has 140 valence electrons. The van der Waals surface area contributed by atoms with Gasteiger partial charge < -0.3 is 14.5 Å². The summed E-state index contributed by atoms with van der Waals surface area (Å²) in [4.78, 5) is 16.5. The summed E-state index contributed by atoms with van der Waals surface area (Å²) in [6, 6.07) is 20.1. The standard InChI is InChI=1S/C22H17ClN2O3/c1-14-3-2-4-18(11-14)27-13-21(26)24-17-8-5-15(6-9-17)22-25-19-12-16(23)7-10-20(19)28-22/h2-12H,13H2,1H3,(H,24,26). The number of aryl methyl sites for hydroxylation is 1. The first-order chi connectivity index (χ1) is 13.6. The number of anilines is 1. The van der Waals surface area contributed by atoms with Crippen LogP contribution in [-0.4, -0.2) is 17.5 Å². The Kier molecular flexibility index (Phi) is 5.00. The minimum absolute atomic E-state index is 0.0584. The molecule has 0 saturated carbocycles. The second kappa shape index (κ2) is 7.74. The van der Waals surface area contributed by atoms with Crippen molar-refractivity contribution in [2.75, 3.05) is 11.9 Å². The number of hydrogen-bond acceptors (Lipinski definition) is 4. The topological polar surface area (TPSA) is 64.4 Å². The monoisotopic (exact) mass is 392 g/mol. The van der Waals surface area contributed by atoms with Gasteiger partial charge in [-0.15, -0.1) is 0 Å². The highest BCUT2D eigenvalue weighted by molar-refractivity contribution is 6.31. The van der Waals surface area contributed by atoms with Crippen LogP contribution < -0.4 is 10.1 Å². The number of amides is 1. The first-order valence-corrected chi connectivity index (χ1v) is 9.10. The Labute approximate surface area is 166 Å². The first kappa shape index (κ1) is 18.1. The van der Waals surface area contributed by atoms with E-state index in [0.29, 0.717) is 33.4 Å². The lowest BCUT2D eigenvalue weighted by molar-refractivity contribution is -0.118. The molecule has 0 fully saturated rings. The van der Waals surface area contributed by atoms with E-state index in [9.17, 15) is 4.79 Å². The van der Waals surface area contributed by atoms with Crippen LogP contribution in [0.4, 0.5) is 5.69 Å². The second-order valence-corrected chi connectivity index (χ2v) is 6.80. The number of rotatable bonds is 5. The molecule has 1 N–H and O–H groups in total. The van der Waals surface area contributed by atoms with Crippen LogP contribution in [0.3, 0.4) is 0 Å². The molecule has 4 rings (SSSR count). The Hall–Kier alpha value is -3.31. The van der Waals surface area contributed by atoms with Crippen LogP contribution in [-0.2, 0) is 4.79 Å². The summed E-state index contributed by atoms with van der Waals surface area (Å²) in [6.45, 7) is 1.91. The van der Waals surface area contributed by atoms with Crippen LogP contribution in [0.15, 0.2) is 71.1 Å². The zero-order chi connectivity index (χ0) is 19.5. The highest BCUT2D eigenvalue weighted by Gasteiger charge is 2.09. The second-order valence-electron chi connectivity index (χ2n) is 6.36. The number of benzene rings is 3. The van der Waals surface area contributed by atoms with Crippen LogP contribution in [0, 0.1) is 6.92 Å². The molecule has 1 aromatic heterocycles. The van der Waals surface area contributed by atoms with Crippen molar-refractivity contribution in [1.29, 1.82) is 0 Å². The number of carbonyl (C=O) groups excluding carboxylic acids is 1. The Morgan fingerprint density at radius 2 is 1.93 bits per heavy atom. The van der Waals surface area contributed by atoms with Crippen LogP contribution in [0.25, 0.3) is 22.6 Å². The largest absolute Gasteiger partial charge is 0.484 e. The van der Waals surface area contributed by atoms with E-state index in [2.05, 4.69) is 10.3 Å². The Morgan fingerprint density at radius 3 is 2.71 bits per heavy atom. The minimum Gasteiger partial charge on any atom is -0.484 e. The van der Waals surface area contributed by atoms with Gasteiger partial charge in [0.15, 0.2) is 12.2 Å². The highest BCUT2D eigenvalue weighted by Crippen LogP contribution is 2.27. The Bertz CT molecular complexity index is 1140. The van der Waals surface area contributed by atoms with Crippen molar-refractivity contribution < 1.29 is 13.9 Å². The fourth-order valence-electron chi connectivity index (χ4n) is 2.77. The number of nitrogens with zero attached hydrogens (tertiary/aromatic N) is 1. The minimum atomic E-state index is -0.231. The van der Waals surface area contributed by atoms with Gasteiger partial charge in [-0.3, -0.25) is 4.79 Å². The molecule has 1 heterocycles. The molecule has 5 nitrogen and oxygen atoms in total. The molecular weight excluding hydrogens is 376 g/mol. The lowest BCUT2D eigenvalue weighted by Crippen LogP contribution is -2.20. The molecule has 0 bridgehead atoms. The van der Waals surface area contributed by atoms with E-state index in [1.807, 2.05) is 43.3 Å². The maximum Gasteiger partial charge on any atom is 0.262 e. The van der Waals surface area contributed by atoms with Gasteiger partial charge in [-0.25, -0.2) is 4.98 Å². The van der Waals surface area contributed by atoms with Crippen LogP contribution in [0.5, 0.6) is 5.75 Å². The van der Waals surface area contributed by atoms with Crippen LogP contribution in [0.1, 0.15) is 5.56 Å². The van der Waals surface area contributed by atoms with Crippen molar-refractivity contribution in [2.45, 2.75) is 6.92 Å². The molecule has 1 amide bonds. The van der Waals surface area contributed by atoms with Gasteiger partial charge >= 0.3 is 0 Å². The van der Waals surface area contributed by atoms with Gasteiger partial charge in [0.25, 0.3) is 5.91 Å². The predicted molar refractivity (Wildman–Crippen MR) is 110 cm³/mol. The molecule has 0 atom stereocenters. The van der Waals surface area contributed by atoms with Gasteiger partial charge in [0.1, 0.15) is 11.3 Å². The third-order valence-electron chi connectivity index (χ3n) is 4.12. The first-order valence-electron chi connectivity index (χ1n) is 8.73. The van der Waals surface area contributed by atoms with E-state index in [-0.39, 0.29) is 12.5 Å². The molecule has 0 aliphatic heterocycles. The Balaban J connectivity index is 1.40. The van der Waals surface area contributed by atoms with Gasteiger partial charge in [-0.1, -0.05) is 23.7 Å². The quantitative estimate of drug-likeness (QED) is 0.488. The molecule has 0 aliphatic rings. The summed E-state index contributed by atoms with van der Waals surface area (Å²) in [6.07, 6.45) is 0. The van der Waals surface area contributed by atoms with Crippen molar-refractivity contribution in [3.8, 4) is 17.2 Å². The van der Waals surface area contributed by atoms with Gasteiger partial charge in [0.2, 0.25) is 5.89 Å². The summed E-state index contributed by atoms with van der Waals surface area (Å²) in [5.74, 6) is 0.935. The van der Waals surface area contributed by atoms with E-state index >= 15 is 0 Å². The molecule has 6 heteroatoms. The van der Waals surface area contributed by atoms with Crippen LogP contribution >= 0.6 is 11.6 Å². The average molecular weight is 393 g/mol. The zero-order valence-corrected chi connectivity index (χ0v) is 15.9.